The van der Waals surface area contributed by atoms with E-state index in [1.807, 2.05) is 25.1 Å². The van der Waals surface area contributed by atoms with Crippen LogP contribution in [0, 0.1) is 5.92 Å². The molecule has 1 aliphatic heterocycles. The van der Waals surface area contributed by atoms with Crippen LogP contribution in [-0.2, 0) is 16.1 Å². The number of hydrogen-bond acceptors (Lipinski definition) is 4. The summed E-state index contributed by atoms with van der Waals surface area (Å²) in [5.74, 6) is 1.62. The standard InChI is InChI=1S/C20H30N2O4/c1-14(2)10-12-21-19(24)20(3)11-9-17(23)22(20)13-15-7-6-8-16(25-4)18(15)26-5/h6-8,14H,9-13H2,1-5H3,(H,21,24)/t20-/m1/s1. The molecule has 2 amide bonds. The Hall–Kier alpha value is -2.24. The van der Waals surface area contributed by atoms with Crippen LogP contribution in [0.3, 0.4) is 0 Å². The molecule has 0 radical (unpaired) electrons. The first-order valence-electron chi connectivity index (χ1n) is 9.12. The third kappa shape index (κ3) is 4.11. The molecule has 0 bridgehead atoms. The van der Waals surface area contributed by atoms with Gasteiger partial charge >= 0.3 is 0 Å². The summed E-state index contributed by atoms with van der Waals surface area (Å²) in [4.78, 5) is 27.0. The number of carbonyl (C=O) groups excluding carboxylic acids is 2. The molecular weight excluding hydrogens is 332 g/mol. The van der Waals surface area contributed by atoms with Crippen LogP contribution >= 0.6 is 0 Å². The van der Waals surface area contributed by atoms with E-state index in [-0.39, 0.29) is 11.8 Å². The van der Waals surface area contributed by atoms with Crippen molar-refractivity contribution in [1.82, 2.24) is 10.2 Å². The Morgan fingerprint density at radius 1 is 1.31 bits per heavy atom. The lowest BCUT2D eigenvalue weighted by Crippen LogP contribution is -2.54. The Labute approximate surface area is 155 Å². The van der Waals surface area contributed by atoms with Crippen molar-refractivity contribution in [2.75, 3.05) is 20.8 Å². The predicted octanol–water partition coefficient (Wildman–Crippen LogP) is 2.75. The summed E-state index contributed by atoms with van der Waals surface area (Å²) < 4.78 is 10.8. The number of amides is 2. The summed E-state index contributed by atoms with van der Waals surface area (Å²) in [7, 11) is 3.15. The molecule has 1 atom stereocenters. The molecule has 0 spiro atoms. The summed E-state index contributed by atoms with van der Waals surface area (Å²) >= 11 is 0. The summed E-state index contributed by atoms with van der Waals surface area (Å²) in [6.45, 7) is 7.02. The second-order valence-corrected chi connectivity index (χ2v) is 7.34. The molecule has 0 saturated carbocycles. The van der Waals surface area contributed by atoms with Gasteiger partial charge in [0.2, 0.25) is 11.8 Å². The zero-order valence-corrected chi connectivity index (χ0v) is 16.4. The Kier molecular flexibility index (Phi) is 6.51. The average molecular weight is 362 g/mol. The van der Waals surface area contributed by atoms with E-state index in [1.54, 1.807) is 19.1 Å². The average Bonchev–Trinajstić information content (AvgIpc) is 2.90. The highest BCUT2D eigenvalue weighted by Crippen LogP contribution is 2.36. The maximum Gasteiger partial charge on any atom is 0.245 e. The molecule has 1 saturated heterocycles. The van der Waals surface area contributed by atoms with Crippen LogP contribution in [0.15, 0.2) is 18.2 Å². The Morgan fingerprint density at radius 3 is 2.65 bits per heavy atom. The molecule has 1 N–H and O–H groups in total. The Balaban J connectivity index is 2.21. The van der Waals surface area contributed by atoms with Crippen LogP contribution in [0.1, 0.15) is 45.6 Å². The first kappa shape index (κ1) is 20.1. The van der Waals surface area contributed by atoms with E-state index in [4.69, 9.17) is 9.47 Å². The van der Waals surface area contributed by atoms with Crippen molar-refractivity contribution < 1.29 is 19.1 Å². The molecule has 6 nitrogen and oxygen atoms in total. The number of rotatable bonds is 8. The van der Waals surface area contributed by atoms with E-state index in [0.717, 1.165) is 12.0 Å². The van der Waals surface area contributed by atoms with Crippen LogP contribution in [0.2, 0.25) is 0 Å². The van der Waals surface area contributed by atoms with Gasteiger partial charge in [-0.05, 0) is 31.7 Å². The van der Waals surface area contributed by atoms with Crippen molar-refractivity contribution in [3.63, 3.8) is 0 Å². The third-order valence-corrected chi connectivity index (χ3v) is 5.03. The van der Waals surface area contributed by atoms with E-state index < -0.39 is 5.54 Å². The van der Waals surface area contributed by atoms with E-state index in [1.165, 1.54) is 0 Å². The maximum atomic E-state index is 12.8. The number of para-hydroxylation sites is 1. The number of likely N-dealkylation sites (tertiary alicyclic amines) is 1. The molecular formula is C20H30N2O4. The molecule has 26 heavy (non-hydrogen) atoms. The van der Waals surface area contributed by atoms with Crippen molar-refractivity contribution >= 4 is 11.8 Å². The molecule has 6 heteroatoms. The SMILES string of the molecule is COc1cccc(CN2C(=O)CC[C@]2(C)C(=O)NCCC(C)C)c1OC. The molecule has 1 aliphatic rings. The molecule has 2 rings (SSSR count). The van der Waals surface area contributed by atoms with Gasteiger partial charge in [0, 0.05) is 18.5 Å². The molecule has 0 aliphatic carbocycles. The van der Waals surface area contributed by atoms with Crippen molar-refractivity contribution in [1.29, 1.82) is 0 Å². The van der Waals surface area contributed by atoms with Crippen molar-refractivity contribution in [2.24, 2.45) is 5.92 Å². The number of nitrogens with zero attached hydrogens (tertiary/aromatic N) is 1. The third-order valence-electron chi connectivity index (χ3n) is 5.03. The fraction of sp³-hybridized carbons (Fsp3) is 0.600. The van der Waals surface area contributed by atoms with E-state index in [2.05, 4.69) is 19.2 Å². The maximum absolute atomic E-state index is 12.8. The number of methoxy groups -OCH3 is 2. The van der Waals surface area contributed by atoms with Gasteiger partial charge in [0.1, 0.15) is 5.54 Å². The molecule has 144 valence electrons. The number of nitrogens with one attached hydrogen (secondary N) is 1. The van der Waals surface area contributed by atoms with Crippen molar-refractivity contribution in [3.05, 3.63) is 23.8 Å². The normalized spacial score (nSPS) is 19.8. The second-order valence-electron chi connectivity index (χ2n) is 7.34. The summed E-state index contributed by atoms with van der Waals surface area (Å²) in [5, 5.41) is 3.00. The predicted molar refractivity (Wildman–Crippen MR) is 100 cm³/mol. The molecule has 1 aromatic rings. The minimum Gasteiger partial charge on any atom is -0.493 e. The molecule has 0 aromatic heterocycles. The largest absolute Gasteiger partial charge is 0.493 e. The first-order valence-corrected chi connectivity index (χ1v) is 9.12. The van der Waals surface area contributed by atoms with Gasteiger partial charge in [0.25, 0.3) is 0 Å². The second kappa shape index (κ2) is 8.43. The quantitative estimate of drug-likeness (QED) is 0.772. The lowest BCUT2D eigenvalue weighted by Gasteiger charge is -2.34. The van der Waals surface area contributed by atoms with Crippen LogP contribution in [0.4, 0.5) is 0 Å². The van der Waals surface area contributed by atoms with Gasteiger partial charge in [0.05, 0.1) is 20.8 Å². The van der Waals surface area contributed by atoms with Crippen LogP contribution in [0.25, 0.3) is 0 Å². The minimum absolute atomic E-state index is 0.0172. The molecule has 1 aromatic carbocycles. The van der Waals surface area contributed by atoms with Gasteiger partial charge in [-0.1, -0.05) is 26.0 Å². The number of ether oxygens (including phenoxy) is 2. The first-order chi connectivity index (χ1) is 12.3. The van der Waals surface area contributed by atoms with E-state index in [9.17, 15) is 9.59 Å². The summed E-state index contributed by atoms with van der Waals surface area (Å²) in [5.41, 5.74) is -0.0226. The van der Waals surface area contributed by atoms with Gasteiger partial charge in [-0.25, -0.2) is 0 Å². The Morgan fingerprint density at radius 2 is 2.04 bits per heavy atom. The van der Waals surface area contributed by atoms with Gasteiger partial charge in [-0.15, -0.1) is 0 Å². The highest BCUT2D eigenvalue weighted by atomic mass is 16.5. The topological polar surface area (TPSA) is 67.9 Å². The van der Waals surface area contributed by atoms with Gasteiger partial charge in [-0.3, -0.25) is 9.59 Å². The fourth-order valence-electron chi connectivity index (χ4n) is 3.31. The lowest BCUT2D eigenvalue weighted by molar-refractivity contribution is -0.141. The zero-order chi connectivity index (χ0) is 19.3. The number of hydrogen-bond donors (Lipinski definition) is 1. The van der Waals surface area contributed by atoms with Crippen molar-refractivity contribution in [3.8, 4) is 11.5 Å². The monoisotopic (exact) mass is 362 g/mol. The van der Waals surface area contributed by atoms with E-state index >= 15 is 0 Å². The smallest absolute Gasteiger partial charge is 0.245 e. The van der Waals surface area contributed by atoms with Crippen LogP contribution < -0.4 is 14.8 Å². The van der Waals surface area contributed by atoms with Crippen LogP contribution in [0.5, 0.6) is 11.5 Å². The van der Waals surface area contributed by atoms with E-state index in [0.29, 0.717) is 43.3 Å². The molecule has 0 unspecified atom stereocenters. The minimum atomic E-state index is -0.845. The van der Waals surface area contributed by atoms with Crippen LogP contribution in [-0.4, -0.2) is 43.0 Å². The summed E-state index contributed by atoms with van der Waals surface area (Å²) in [6.07, 6.45) is 1.81. The van der Waals surface area contributed by atoms with Gasteiger partial charge < -0.3 is 19.7 Å². The highest BCUT2D eigenvalue weighted by molar-refractivity contribution is 5.94. The zero-order valence-electron chi connectivity index (χ0n) is 16.4. The molecule has 1 heterocycles. The van der Waals surface area contributed by atoms with Gasteiger partial charge in [0.15, 0.2) is 11.5 Å². The fourth-order valence-corrected chi connectivity index (χ4v) is 3.31. The van der Waals surface area contributed by atoms with Crippen molar-refractivity contribution in [2.45, 2.75) is 52.1 Å². The molecule has 1 fully saturated rings. The number of carbonyl (C=O) groups is 2. The van der Waals surface area contributed by atoms with Gasteiger partial charge in [-0.2, -0.15) is 0 Å². The Bertz CT molecular complexity index is 659. The lowest BCUT2D eigenvalue weighted by atomic mass is 9.96. The summed E-state index contributed by atoms with van der Waals surface area (Å²) in [6, 6.07) is 5.56. The highest BCUT2D eigenvalue weighted by Gasteiger charge is 2.47. The number of benzene rings is 1.